The number of rotatable bonds is 5. The Labute approximate surface area is 113 Å². The van der Waals surface area contributed by atoms with Crippen LogP contribution in [0.5, 0.6) is 0 Å². The van der Waals surface area contributed by atoms with Crippen LogP contribution in [0.4, 0.5) is 5.69 Å². The fourth-order valence-electron chi connectivity index (χ4n) is 1.52. The minimum absolute atomic E-state index is 0.0202. The van der Waals surface area contributed by atoms with Crippen LogP contribution >= 0.6 is 0 Å². The molecule has 0 atom stereocenters. The van der Waals surface area contributed by atoms with E-state index in [9.17, 15) is 9.59 Å². The van der Waals surface area contributed by atoms with Gasteiger partial charge in [0.15, 0.2) is 0 Å². The molecule has 0 N–H and O–H groups in total. The monoisotopic (exact) mass is 265 g/mol. The molecule has 0 saturated carbocycles. The van der Waals surface area contributed by atoms with Crippen molar-refractivity contribution in [2.24, 2.45) is 0 Å². The number of esters is 1. The van der Waals surface area contributed by atoms with E-state index in [-0.39, 0.29) is 18.6 Å². The largest absolute Gasteiger partial charge is 0.465 e. The van der Waals surface area contributed by atoms with E-state index in [1.807, 2.05) is 13.8 Å². The van der Waals surface area contributed by atoms with E-state index in [0.717, 1.165) is 0 Å². The lowest BCUT2D eigenvalue weighted by Gasteiger charge is -2.20. The number of anilines is 1. The number of ether oxygens (including phenoxy) is 2. The molecule has 0 aromatic heterocycles. The molecule has 0 aliphatic carbocycles. The molecule has 5 nitrogen and oxygen atoms in total. The van der Waals surface area contributed by atoms with E-state index < -0.39 is 5.97 Å². The summed E-state index contributed by atoms with van der Waals surface area (Å²) in [5.74, 6) is -0.690. The Morgan fingerprint density at radius 2 is 1.89 bits per heavy atom. The zero-order chi connectivity index (χ0) is 14.4. The van der Waals surface area contributed by atoms with Crippen LogP contribution in [0.15, 0.2) is 24.3 Å². The Balaban J connectivity index is 2.90. The molecule has 104 valence electrons. The Kier molecular flexibility index (Phi) is 5.51. The number of hydrogen-bond acceptors (Lipinski definition) is 4. The van der Waals surface area contributed by atoms with Gasteiger partial charge in [0.25, 0.3) is 5.91 Å². The van der Waals surface area contributed by atoms with Crippen LogP contribution in [0.25, 0.3) is 0 Å². The van der Waals surface area contributed by atoms with Gasteiger partial charge in [0.2, 0.25) is 0 Å². The smallest absolute Gasteiger partial charge is 0.339 e. The molecule has 5 heteroatoms. The first-order valence-electron chi connectivity index (χ1n) is 6.03. The van der Waals surface area contributed by atoms with Crippen molar-refractivity contribution in [1.82, 2.24) is 0 Å². The molecule has 1 aromatic carbocycles. The minimum atomic E-state index is -0.472. The first kappa shape index (κ1) is 15.2. The van der Waals surface area contributed by atoms with Crippen molar-refractivity contribution in [3.05, 3.63) is 29.8 Å². The maximum atomic E-state index is 12.0. The lowest BCUT2D eigenvalue weighted by molar-refractivity contribution is -0.124. The van der Waals surface area contributed by atoms with E-state index in [0.29, 0.717) is 11.3 Å². The van der Waals surface area contributed by atoms with Crippen molar-refractivity contribution in [3.63, 3.8) is 0 Å². The summed E-state index contributed by atoms with van der Waals surface area (Å²) in [6.07, 6.45) is -0.0202. The third-order valence-corrected chi connectivity index (χ3v) is 2.58. The van der Waals surface area contributed by atoms with E-state index >= 15 is 0 Å². The Morgan fingerprint density at radius 1 is 1.26 bits per heavy atom. The van der Waals surface area contributed by atoms with Crippen molar-refractivity contribution in [2.75, 3.05) is 25.7 Å². The molecule has 1 rings (SSSR count). The number of benzene rings is 1. The number of likely N-dealkylation sites (N-methyl/N-ethyl adjacent to an activating group) is 1. The second kappa shape index (κ2) is 6.89. The van der Waals surface area contributed by atoms with Crippen LogP contribution in [0.2, 0.25) is 0 Å². The number of hydrogen-bond donors (Lipinski definition) is 0. The maximum absolute atomic E-state index is 12.0. The van der Waals surface area contributed by atoms with Crippen molar-refractivity contribution in [1.29, 1.82) is 0 Å². The quantitative estimate of drug-likeness (QED) is 0.762. The highest BCUT2D eigenvalue weighted by Crippen LogP contribution is 2.20. The second-order valence-electron chi connectivity index (χ2n) is 4.32. The molecule has 0 saturated heterocycles. The molecular formula is C14H19NO4. The molecule has 0 spiro atoms. The highest BCUT2D eigenvalue weighted by Gasteiger charge is 2.18. The molecule has 0 unspecified atom stereocenters. The fourth-order valence-corrected chi connectivity index (χ4v) is 1.52. The van der Waals surface area contributed by atoms with E-state index in [1.165, 1.54) is 12.0 Å². The average molecular weight is 265 g/mol. The van der Waals surface area contributed by atoms with E-state index in [2.05, 4.69) is 0 Å². The van der Waals surface area contributed by atoms with Gasteiger partial charge >= 0.3 is 5.97 Å². The number of methoxy groups -OCH3 is 1. The number of carbonyl (C=O) groups is 2. The zero-order valence-electron chi connectivity index (χ0n) is 11.7. The van der Waals surface area contributed by atoms with Crippen molar-refractivity contribution in [3.8, 4) is 0 Å². The molecule has 0 fully saturated rings. The van der Waals surface area contributed by atoms with Gasteiger partial charge in [-0.25, -0.2) is 4.79 Å². The zero-order valence-corrected chi connectivity index (χ0v) is 11.7. The first-order valence-corrected chi connectivity index (χ1v) is 6.03. The first-order chi connectivity index (χ1) is 8.97. The van der Waals surface area contributed by atoms with Gasteiger partial charge in [-0.05, 0) is 26.0 Å². The minimum Gasteiger partial charge on any atom is -0.465 e. The summed E-state index contributed by atoms with van der Waals surface area (Å²) in [5, 5.41) is 0. The van der Waals surface area contributed by atoms with Gasteiger partial charge in [0.05, 0.1) is 24.5 Å². The third-order valence-electron chi connectivity index (χ3n) is 2.58. The summed E-state index contributed by atoms with van der Waals surface area (Å²) >= 11 is 0. The van der Waals surface area contributed by atoms with Gasteiger partial charge in [-0.3, -0.25) is 4.79 Å². The van der Waals surface area contributed by atoms with Gasteiger partial charge in [-0.2, -0.15) is 0 Å². The van der Waals surface area contributed by atoms with Crippen LogP contribution < -0.4 is 4.90 Å². The number of para-hydroxylation sites is 1. The summed E-state index contributed by atoms with van der Waals surface area (Å²) in [7, 11) is 2.91. The van der Waals surface area contributed by atoms with Crippen molar-refractivity contribution < 1.29 is 19.1 Å². The molecule has 1 amide bonds. The van der Waals surface area contributed by atoms with Crippen molar-refractivity contribution >= 4 is 17.6 Å². The SMILES string of the molecule is COC(=O)c1ccccc1N(C)C(=O)COC(C)C. The van der Waals surface area contributed by atoms with E-state index in [4.69, 9.17) is 9.47 Å². The predicted molar refractivity (Wildman–Crippen MR) is 72.3 cm³/mol. The Hall–Kier alpha value is -1.88. The summed E-state index contributed by atoms with van der Waals surface area (Å²) in [4.78, 5) is 25.0. The van der Waals surface area contributed by atoms with Gasteiger partial charge in [-0.15, -0.1) is 0 Å². The average Bonchev–Trinajstić information content (AvgIpc) is 2.42. The van der Waals surface area contributed by atoms with E-state index in [1.54, 1.807) is 31.3 Å². The van der Waals surface area contributed by atoms with Crippen molar-refractivity contribution in [2.45, 2.75) is 20.0 Å². The lowest BCUT2D eigenvalue weighted by atomic mass is 10.1. The molecule has 0 bridgehead atoms. The lowest BCUT2D eigenvalue weighted by Crippen LogP contribution is -2.32. The fraction of sp³-hybridized carbons (Fsp3) is 0.429. The number of carbonyl (C=O) groups excluding carboxylic acids is 2. The second-order valence-corrected chi connectivity index (χ2v) is 4.32. The highest BCUT2D eigenvalue weighted by atomic mass is 16.5. The van der Waals surface area contributed by atoms with Gasteiger partial charge in [0, 0.05) is 7.05 Å². The number of amides is 1. The standard InChI is InChI=1S/C14H19NO4/c1-10(2)19-9-13(16)15(3)12-8-6-5-7-11(12)14(17)18-4/h5-8,10H,9H2,1-4H3. The molecule has 0 aliphatic rings. The van der Waals surface area contributed by atoms with Gasteiger partial charge in [-0.1, -0.05) is 12.1 Å². The summed E-state index contributed by atoms with van der Waals surface area (Å²) in [6, 6.07) is 6.79. The molecule has 1 aromatic rings. The normalized spacial score (nSPS) is 10.4. The third kappa shape index (κ3) is 4.06. The highest BCUT2D eigenvalue weighted by molar-refractivity contribution is 6.02. The summed E-state index contributed by atoms with van der Waals surface area (Å²) in [6.45, 7) is 3.69. The topological polar surface area (TPSA) is 55.8 Å². The van der Waals surface area contributed by atoms with Crippen LogP contribution in [-0.2, 0) is 14.3 Å². The van der Waals surface area contributed by atoms with Crippen LogP contribution in [0.3, 0.4) is 0 Å². The molecule has 0 aliphatic heterocycles. The molecular weight excluding hydrogens is 246 g/mol. The summed E-state index contributed by atoms with van der Waals surface area (Å²) in [5.41, 5.74) is 0.858. The number of nitrogens with zero attached hydrogens (tertiary/aromatic N) is 1. The predicted octanol–water partition coefficient (Wildman–Crippen LogP) is 1.86. The van der Waals surface area contributed by atoms with Crippen LogP contribution in [-0.4, -0.2) is 38.7 Å². The van der Waals surface area contributed by atoms with Gasteiger partial charge in [0.1, 0.15) is 6.61 Å². The molecule has 19 heavy (non-hydrogen) atoms. The van der Waals surface area contributed by atoms with Crippen LogP contribution in [0.1, 0.15) is 24.2 Å². The Morgan fingerprint density at radius 3 is 2.47 bits per heavy atom. The van der Waals surface area contributed by atoms with Gasteiger partial charge < -0.3 is 14.4 Å². The Bertz CT molecular complexity index is 457. The molecule has 0 heterocycles. The maximum Gasteiger partial charge on any atom is 0.339 e. The van der Waals surface area contributed by atoms with Crippen LogP contribution in [0, 0.1) is 0 Å². The molecule has 0 radical (unpaired) electrons. The summed E-state index contributed by atoms with van der Waals surface area (Å²) < 4.78 is 9.96.